The fourth-order valence-corrected chi connectivity index (χ4v) is 2.28. The summed E-state index contributed by atoms with van der Waals surface area (Å²) in [5.41, 5.74) is 5.79. The largest absolute Gasteiger partial charge is 0.338 e. The second-order valence-electron chi connectivity index (χ2n) is 5.06. The Morgan fingerprint density at radius 3 is 2.83 bits per heavy atom. The Morgan fingerprint density at radius 2 is 2.22 bits per heavy atom. The second-order valence-corrected chi connectivity index (χ2v) is 5.06. The first kappa shape index (κ1) is 15.4. The lowest BCUT2D eigenvalue weighted by Crippen LogP contribution is -2.43. The minimum Gasteiger partial charge on any atom is -0.338 e. The van der Waals surface area contributed by atoms with Crippen LogP contribution in [0.3, 0.4) is 0 Å². The number of aromatic nitrogens is 2. The van der Waals surface area contributed by atoms with Gasteiger partial charge in [0.1, 0.15) is 0 Å². The molecule has 5 nitrogen and oxygen atoms in total. The molecule has 6 heteroatoms. The van der Waals surface area contributed by atoms with Crippen LogP contribution in [-0.2, 0) is 6.54 Å². The topological polar surface area (TPSA) is 68.2 Å². The number of piperidine rings is 1. The number of hydrogen-bond donors (Lipinski definition) is 1. The van der Waals surface area contributed by atoms with Crippen LogP contribution in [0.4, 0.5) is 0 Å². The number of rotatable bonds is 4. The summed E-state index contributed by atoms with van der Waals surface area (Å²) in [6.07, 6.45) is 3.70. The number of likely N-dealkylation sites (tertiary alicyclic amines) is 1. The molecule has 0 aliphatic carbocycles. The maximum absolute atomic E-state index is 5.79. The van der Waals surface area contributed by atoms with Crippen molar-refractivity contribution in [1.29, 1.82) is 0 Å². The van der Waals surface area contributed by atoms with E-state index in [4.69, 9.17) is 10.3 Å². The fourth-order valence-electron chi connectivity index (χ4n) is 2.28. The average molecular weight is 275 g/mol. The second kappa shape index (κ2) is 7.07. The van der Waals surface area contributed by atoms with Gasteiger partial charge in [-0.25, -0.2) is 0 Å². The van der Waals surface area contributed by atoms with E-state index in [2.05, 4.69) is 28.9 Å². The minimum atomic E-state index is 0. The van der Waals surface area contributed by atoms with Gasteiger partial charge in [-0.05, 0) is 19.4 Å². The van der Waals surface area contributed by atoms with Gasteiger partial charge < -0.3 is 10.3 Å². The molecule has 0 amide bonds. The van der Waals surface area contributed by atoms with Crippen molar-refractivity contribution in [2.45, 2.75) is 51.6 Å². The molecule has 1 saturated heterocycles. The van der Waals surface area contributed by atoms with Crippen LogP contribution in [0.15, 0.2) is 4.52 Å². The summed E-state index contributed by atoms with van der Waals surface area (Å²) in [4.78, 5) is 6.77. The lowest BCUT2D eigenvalue weighted by Gasteiger charge is -2.33. The van der Waals surface area contributed by atoms with Crippen LogP contribution in [-0.4, -0.2) is 34.2 Å². The van der Waals surface area contributed by atoms with Gasteiger partial charge in [0.2, 0.25) is 5.89 Å². The monoisotopic (exact) mass is 274 g/mol. The summed E-state index contributed by atoms with van der Waals surface area (Å²) in [6, 6.07) is 0.471. The number of halogens is 1. The van der Waals surface area contributed by atoms with E-state index in [0.717, 1.165) is 18.9 Å². The summed E-state index contributed by atoms with van der Waals surface area (Å²) < 4.78 is 5.28. The molecule has 0 radical (unpaired) electrons. The highest BCUT2D eigenvalue weighted by Gasteiger charge is 2.23. The molecular formula is C12H23ClN4O. The Morgan fingerprint density at radius 1 is 1.44 bits per heavy atom. The van der Waals surface area contributed by atoms with Gasteiger partial charge in [-0.15, -0.1) is 12.4 Å². The highest BCUT2D eigenvalue weighted by molar-refractivity contribution is 5.85. The zero-order chi connectivity index (χ0) is 12.3. The van der Waals surface area contributed by atoms with Crippen LogP contribution >= 0.6 is 12.4 Å². The van der Waals surface area contributed by atoms with E-state index < -0.39 is 0 Å². The van der Waals surface area contributed by atoms with E-state index in [-0.39, 0.29) is 12.4 Å². The van der Waals surface area contributed by atoms with E-state index in [1.165, 1.54) is 19.3 Å². The quantitative estimate of drug-likeness (QED) is 0.909. The van der Waals surface area contributed by atoms with Crippen LogP contribution in [0.1, 0.15) is 50.7 Å². The molecule has 1 aliphatic rings. The number of hydrogen-bond acceptors (Lipinski definition) is 5. The Labute approximate surface area is 115 Å². The van der Waals surface area contributed by atoms with Gasteiger partial charge in [0, 0.05) is 18.5 Å². The van der Waals surface area contributed by atoms with Gasteiger partial charge >= 0.3 is 0 Å². The Balaban J connectivity index is 0.00000162. The third-order valence-electron chi connectivity index (χ3n) is 3.36. The van der Waals surface area contributed by atoms with Gasteiger partial charge in [-0.3, -0.25) is 4.90 Å². The molecule has 104 valence electrons. The third-order valence-corrected chi connectivity index (χ3v) is 3.36. The van der Waals surface area contributed by atoms with Crippen molar-refractivity contribution >= 4 is 12.4 Å². The van der Waals surface area contributed by atoms with Crippen molar-refractivity contribution in [3.8, 4) is 0 Å². The molecule has 0 saturated carbocycles. The summed E-state index contributed by atoms with van der Waals surface area (Å²) in [6.45, 7) is 6.67. The highest BCUT2D eigenvalue weighted by atomic mass is 35.5. The maximum atomic E-state index is 5.79. The van der Waals surface area contributed by atoms with Crippen LogP contribution in [0, 0.1) is 0 Å². The molecule has 1 unspecified atom stereocenters. The van der Waals surface area contributed by atoms with Crippen molar-refractivity contribution in [1.82, 2.24) is 15.0 Å². The average Bonchev–Trinajstić information content (AvgIpc) is 2.78. The Kier molecular flexibility index (Phi) is 6.05. The lowest BCUT2D eigenvalue weighted by atomic mass is 10.0. The third kappa shape index (κ3) is 3.67. The molecule has 1 atom stereocenters. The van der Waals surface area contributed by atoms with E-state index in [1.807, 2.05) is 0 Å². The molecule has 0 aromatic carbocycles. The molecule has 2 N–H and O–H groups in total. The van der Waals surface area contributed by atoms with Crippen molar-refractivity contribution in [2.75, 3.05) is 13.1 Å². The van der Waals surface area contributed by atoms with Gasteiger partial charge in [0.05, 0.1) is 6.54 Å². The smallest absolute Gasteiger partial charge is 0.240 e. The van der Waals surface area contributed by atoms with Crippen molar-refractivity contribution in [2.24, 2.45) is 5.73 Å². The van der Waals surface area contributed by atoms with Gasteiger partial charge in [0.25, 0.3) is 0 Å². The zero-order valence-electron chi connectivity index (χ0n) is 11.1. The molecule has 1 aromatic heterocycles. The maximum Gasteiger partial charge on any atom is 0.240 e. The zero-order valence-corrected chi connectivity index (χ0v) is 11.9. The van der Waals surface area contributed by atoms with Crippen LogP contribution in [0.5, 0.6) is 0 Å². The standard InChI is InChI=1S/C12H22N4O.ClH/c1-9(2)12-14-11(17-15-12)8-16-6-4-3-5-10(16)7-13;/h9-10H,3-8,13H2,1-2H3;1H. The van der Waals surface area contributed by atoms with Crippen LogP contribution in [0.2, 0.25) is 0 Å². The van der Waals surface area contributed by atoms with E-state index >= 15 is 0 Å². The van der Waals surface area contributed by atoms with E-state index in [9.17, 15) is 0 Å². The SMILES string of the molecule is CC(C)c1noc(CN2CCCCC2CN)n1.Cl. The van der Waals surface area contributed by atoms with Crippen molar-refractivity contribution in [3.63, 3.8) is 0 Å². The molecule has 2 heterocycles. The van der Waals surface area contributed by atoms with Crippen LogP contribution < -0.4 is 5.73 Å². The molecule has 0 bridgehead atoms. The first-order valence-corrected chi connectivity index (χ1v) is 6.47. The summed E-state index contributed by atoms with van der Waals surface area (Å²) in [7, 11) is 0. The molecule has 1 aromatic rings. The summed E-state index contributed by atoms with van der Waals surface area (Å²) in [5, 5.41) is 3.99. The number of nitrogens with zero attached hydrogens (tertiary/aromatic N) is 3. The van der Waals surface area contributed by atoms with Crippen LogP contribution in [0.25, 0.3) is 0 Å². The van der Waals surface area contributed by atoms with Gasteiger partial charge in [-0.2, -0.15) is 4.98 Å². The molecule has 0 spiro atoms. The molecule has 2 rings (SSSR count). The predicted octanol–water partition coefficient (Wildman–Crippen LogP) is 1.93. The fraction of sp³-hybridized carbons (Fsp3) is 0.833. The van der Waals surface area contributed by atoms with Gasteiger partial charge in [-0.1, -0.05) is 25.4 Å². The first-order chi connectivity index (χ1) is 8.20. The van der Waals surface area contributed by atoms with Gasteiger partial charge in [0.15, 0.2) is 5.82 Å². The normalized spacial score (nSPS) is 21.0. The molecule has 1 fully saturated rings. The molecule has 1 aliphatic heterocycles. The summed E-state index contributed by atoms with van der Waals surface area (Å²) >= 11 is 0. The lowest BCUT2D eigenvalue weighted by molar-refractivity contribution is 0.128. The Hall–Kier alpha value is -0.650. The van der Waals surface area contributed by atoms with Crippen molar-refractivity contribution in [3.05, 3.63) is 11.7 Å². The first-order valence-electron chi connectivity index (χ1n) is 6.47. The van der Waals surface area contributed by atoms with E-state index in [0.29, 0.717) is 24.4 Å². The minimum absolute atomic E-state index is 0. The highest BCUT2D eigenvalue weighted by Crippen LogP contribution is 2.19. The number of nitrogens with two attached hydrogens (primary N) is 1. The molecular weight excluding hydrogens is 252 g/mol. The molecule has 18 heavy (non-hydrogen) atoms. The predicted molar refractivity (Wildman–Crippen MR) is 72.7 cm³/mol. The van der Waals surface area contributed by atoms with E-state index in [1.54, 1.807) is 0 Å². The Bertz CT molecular complexity index is 356. The van der Waals surface area contributed by atoms with Crippen molar-refractivity contribution < 1.29 is 4.52 Å². The summed E-state index contributed by atoms with van der Waals surface area (Å²) in [5.74, 6) is 1.83.